The van der Waals surface area contributed by atoms with Crippen LogP contribution in [0.1, 0.15) is 25.5 Å². The molecular weight excluding hydrogens is 396 g/mol. The number of nitrogens with zero attached hydrogens (tertiary/aromatic N) is 2. The van der Waals surface area contributed by atoms with E-state index >= 15 is 0 Å². The fraction of sp³-hybridized carbons (Fsp3) is 0.250. The molecule has 1 atom stereocenters. The van der Waals surface area contributed by atoms with E-state index in [1.165, 1.54) is 0 Å². The molecule has 6 nitrogen and oxygen atoms in total. The van der Waals surface area contributed by atoms with Crippen LogP contribution in [0.5, 0.6) is 5.75 Å². The number of carbonyl (C=O) groups is 1. The third kappa shape index (κ3) is 4.79. The summed E-state index contributed by atoms with van der Waals surface area (Å²) in [7, 11) is 0. The van der Waals surface area contributed by atoms with Crippen molar-refractivity contribution in [3.05, 3.63) is 63.9 Å². The topological polar surface area (TPSA) is 71.9 Å². The minimum Gasteiger partial charge on any atom is -0.494 e. The summed E-state index contributed by atoms with van der Waals surface area (Å²) in [6.45, 7) is 4.50. The molecule has 0 bridgehead atoms. The summed E-state index contributed by atoms with van der Waals surface area (Å²) in [5.74, 6) is 1.20. The molecule has 3 rings (SSSR count). The maximum atomic E-state index is 12.6. The van der Waals surface area contributed by atoms with Gasteiger partial charge in [-0.2, -0.15) is 5.10 Å². The average molecular weight is 417 g/mol. The molecule has 8 heteroatoms. The summed E-state index contributed by atoms with van der Waals surface area (Å²) >= 11 is 11.3. The fourth-order valence-electron chi connectivity index (χ4n) is 2.84. The number of nitrogens with one attached hydrogen (secondary N) is 2. The van der Waals surface area contributed by atoms with Crippen molar-refractivity contribution >= 4 is 29.7 Å². The van der Waals surface area contributed by atoms with Crippen molar-refractivity contribution < 1.29 is 9.53 Å². The number of H-pyrrole nitrogens is 1. The lowest BCUT2D eigenvalue weighted by molar-refractivity contribution is -0.122. The summed E-state index contributed by atoms with van der Waals surface area (Å²) < 4.78 is 7.52. The lowest BCUT2D eigenvalue weighted by atomic mass is 10.1. The number of halogens is 1. The van der Waals surface area contributed by atoms with E-state index in [1.807, 2.05) is 56.3 Å². The highest BCUT2D eigenvalue weighted by molar-refractivity contribution is 7.71. The molecule has 0 radical (unpaired) electrons. The monoisotopic (exact) mass is 416 g/mol. The van der Waals surface area contributed by atoms with Crippen molar-refractivity contribution in [2.45, 2.75) is 26.4 Å². The molecule has 28 heavy (non-hydrogen) atoms. The van der Waals surface area contributed by atoms with E-state index in [0.717, 1.165) is 16.9 Å². The van der Waals surface area contributed by atoms with Crippen LogP contribution < -0.4 is 10.1 Å². The van der Waals surface area contributed by atoms with Gasteiger partial charge in [0.25, 0.3) is 0 Å². The Bertz CT molecular complexity index is 1010. The molecule has 0 saturated carbocycles. The van der Waals surface area contributed by atoms with Crippen molar-refractivity contribution in [3.63, 3.8) is 0 Å². The summed E-state index contributed by atoms with van der Waals surface area (Å²) in [5, 5.41) is 10.6. The second kappa shape index (κ2) is 9.03. The number of amides is 1. The highest BCUT2D eigenvalue weighted by Gasteiger charge is 2.15. The number of hydrogen-bond donors (Lipinski definition) is 2. The van der Waals surface area contributed by atoms with Crippen molar-refractivity contribution in [3.8, 4) is 17.1 Å². The molecule has 0 saturated heterocycles. The van der Waals surface area contributed by atoms with E-state index in [4.69, 9.17) is 28.6 Å². The van der Waals surface area contributed by atoms with Crippen LogP contribution in [-0.2, 0) is 11.3 Å². The molecule has 1 heterocycles. The van der Waals surface area contributed by atoms with E-state index in [9.17, 15) is 4.79 Å². The van der Waals surface area contributed by atoms with E-state index in [0.29, 0.717) is 22.2 Å². The summed E-state index contributed by atoms with van der Waals surface area (Å²) in [5.41, 5.74) is 1.77. The van der Waals surface area contributed by atoms with Gasteiger partial charge in [0, 0.05) is 10.6 Å². The van der Waals surface area contributed by atoms with Gasteiger partial charge in [-0.05, 0) is 68.0 Å². The second-order valence-electron chi connectivity index (χ2n) is 6.24. The maximum absolute atomic E-state index is 12.6. The number of carbonyl (C=O) groups excluding carboxylic acids is 1. The van der Waals surface area contributed by atoms with Gasteiger partial charge in [0.15, 0.2) is 10.6 Å². The Kier molecular flexibility index (Phi) is 6.49. The average Bonchev–Trinajstić information content (AvgIpc) is 3.03. The number of ether oxygens (including phenoxy) is 1. The van der Waals surface area contributed by atoms with Crippen molar-refractivity contribution in [1.82, 2.24) is 20.1 Å². The van der Waals surface area contributed by atoms with Crippen LogP contribution in [0.3, 0.4) is 0 Å². The van der Waals surface area contributed by atoms with Crippen LogP contribution in [0.15, 0.2) is 48.5 Å². The number of hydrogen-bond acceptors (Lipinski definition) is 4. The molecule has 1 amide bonds. The first kappa shape index (κ1) is 20.1. The third-order valence-corrected chi connectivity index (χ3v) is 4.76. The largest absolute Gasteiger partial charge is 0.494 e. The lowest BCUT2D eigenvalue weighted by Crippen LogP contribution is -2.30. The quantitative estimate of drug-likeness (QED) is 0.555. The fourth-order valence-corrected chi connectivity index (χ4v) is 3.24. The van der Waals surface area contributed by atoms with Gasteiger partial charge in [-0.3, -0.25) is 14.5 Å². The number of aromatic amines is 1. The second-order valence-corrected chi connectivity index (χ2v) is 7.06. The van der Waals surface area contributed by atoms with Crippen LogP contribution in [0, 0.1) is 4.77 Å². The van der Waals surface area contributed by atoms with Crippen LogP contribution in [0.4, 0.5) is 0 Å². The van der Waals surface area contributed by atoms with E-state index in [-0.39, 0.29) is 18.5 Å². The molecule has 0 spiro atoms. The van der Waals surface area contributed by atoms with Crippen molar-refractivity contribution in [1.29, 1.82) is 0 Å². The van der Waals surface area contributed by atoms with Gasteiger partial charge in [0.05, 0.1) is 12.6 Å². The number of aromatic nitrogens is 3. The van der Waals surface area contributed by atoms with Crippen LogP contribution in [0.2, 0.25) is 5.02 Å². The first-order chi connectivity index (χ1) is 13.5. The zero-order valence-electron chi connectivity index (χ0n) is 15.6. The first-order valence-electron chi connectivity index (χ1n) is 8.91. The zero-order chi connectivity index (χ0) is 20.1. The molecule has 2 aromatic carbocycles. The molecule has 1 aromatic heterocycles. The Labute approximate surface area is 173 Å². The third-order valence-electron chi connectivity index (χ3n) is 4.21. The summed E-state index contributed by atoms with van der Waals surface area (Å²) in [6, 6.07) is 14.7. The SMILES string of the molecule is CCOc1ccc(-c2n[nH]c(=S)n2CC(=O)NC(C)c2cccc(Cl)c2)cc1. The Morgan fingerprint density at radius 2 is 2.07 bits per heavy atom. The Morgan fingerprint density at radius 3 is 2.75 bits per heavy atom. The maximum Gasteiger partial charge on any atom is 0.240 e. The van der Waals surface area contributed by atoms with E-state index in [1.54, 1.807) is 10.6 Å². The predicted molar refractivity (Wildman–Crippen MR) is 112 cm³/mol. The predicted octanol–water partition coefficient (Wildman–Crippen LogP) is 4.54. The van der Waals surface area contributed by atoms with E-state index < -0.39 is 0 Å². The van der Waals surface area contributed by atoms with Gasteiger partial charge >= 0.3 is 0 Å². The standard InChI is InChI=1S/C20H21ClN4O2S/c1-3-27-17-9-7-14(8-10-17)19-23-24-20(28)25(19)12-18(26)22-13(2)15-5-4-6-16(21)11-15/h4-11,13H,3,12H2,1-2H3,(H,22,26)(H,24,28). The minimum absolute atomic E-state index is 0.0583. The zero-order valence-corrected chi connectivity index (χ0v) is 17.2. The number of rotatable bonds is 7. The first-order valence-corrected chi connectivity index (χ1v) is 9.69. The van der Waals surface area contributed by atoms with Crippen molar-refractivity contribution in [2.24, 2.45) is 0 Å². The molecule has 3 aromatic rings. The minimum atomic E-state index is -0.179. The normalized spacial score (nSPS) is 11.8. The van der Waals surface area contributed by atoms with Gasteiger partial charge < -0.3 is 10.1 Å². The Balaban J connectivity index is 1.74. The molecule has 146 valence electrons. The molecule has 0 aliphatic rings. The highest BCUT2D eigenvalue weighted by atomic mass is 35.5. The lowest BCUT2D eigenvalue weighted by Gasteiger charge is -2.15. The summed E-state index contributed by atoms with van der Waals surface area (Å²) in [4.78, 5) is 12.6. The van der Waals surface area contributed by atoms with Gasteiger partial charge in [-0.15, -0.1) is 0 Å². The van der Waals surface area contributed by atoms with Gasteiger partial charge in [-0.25, -0.2) is 0 Å². The van der Waals surface area contributed by atoms with Gasteiger partial charge in [0.2, 0.25) is 5.91 Å². The highest BCUT2D eigenvalue weighted by Crippen LogP contribution is 2.21. The molecule has 1 unspecified atom stereocenters. The molecular formula is C20H21ClN4O2S. The number of benzene rings is 2. The summed E-state index contributed by atoms with van der Waals surface area (Å²) in [6.07, 6.45) is 0. The van der Waals surface area contributed by atoms with Crippen LogP contribution in [0.25, 0.3) is 11.4 Å². The van der Waals surface area contributed by atoms with Crippen LogP contribution >= 0.6 is 23.8 Å². The molecule has 0 aliphatic heterocycles. The Hall–Kier alpha value is -2.64. The Morgan fingerprint density at radius 1 is 1.32 bits per heavy atom. The van der Waals surface area contributed by atoms with Gasteiger partial charge in [0.1, 0.15) is 12.3 Å². The smallest absolute Gasteiger partial charge is 0.240 e. The molecule has 2 N–H and O–H groups in total. The molecule has 0 aliphatic carbocycles. The van der Waals surface area contributed by atoms with Crippen molar-refractivity contribution in [2.75, 3.05) is 6.61 Å². The molecule has 0 fully saturated rings. The van der Waals surface area contributed by atoms with Gasteiger partial charge in [-0.1, -0.05) is 23.7 Å². The van der Waals surface area contributed by atoms with Crippen LogP contribution in [-0.4, -0.2) is 27.3 Å². The van der Waals surface area contributed by atoms with E-state index in [2.05, 4.69) is 15.5 Å².